The van der Waals surface area contributed by atoms with Gasteiger partial charge in [0.1, 0.15) is 5.82 Å². The second kappa shape index (κ2) is 3.81. The van der Waals surface area contributed by atoms with Gasteiger partial charge in [-0.1, -0.05) is 35.4 Å². The third-order valence-electron chi connectivity index (χ3n) is 3.49. The Morgan fingerprint density at radius 3 is 2.11 bits per heavy atom. The molecule has 0 atom stereocenters. The number of halogens is 1. The minimum atomic E-state index is -0.170. The number of hydrogen-bond acceptors (Lipinski definition) is 0. The van der Waals surface area contributed by atoms with Gasteiger partial charge in [-0.2, -0.15) is 0 Å². The fourth-order valence-corrected chi connectivity index (χ4v) is 2.74. The van der Waals surface area contributed by atoms with Crippen LogP contribution in [0.1, 0.15) is 30.5 Å². The molecule has 0 amide bonds. The molecule has 0 saturated heterocycles. The lowest BCUT2D eigenvalue weighted by Crippen LogP contribution is -1.85. The van der Waals surface area contributed by atoms with E-state index in [-0.39, 0.29) is 5.82 Å². The van der Waals surface area contributed by atoms with Crippen LogP contribution in [0.25, 0.3) is 16.7 Å². The van der Waals surface area contributed by atoms with Crippen molar-refractivity contribution < 1.29 is 4.39 Å². The highest BCUT2D eigenvalue weighted by Gasteiger charge is 2.24. The van der Waals surface area contributed by atoms with Crippen molar-refractivity contribution in [3.05, 3.63) is 64.5 Å². The van der Waals surface area contributed by atoms with Crippen molar-refractivity contribution in [3.8, 4) is 11.1 Å². The van der Waals surface area contributed by atoms with E-state index in [1.54, 1.807) is 12.1 Å². The van der Waals surface area contributed by atoms with E-state index < -0.39 is 0 Å². The van der Waals surface area contributed by atoms with Gasteiger partial charge < -0.3 is 0 Å². The quantitative estimate of drug-likeness (QED) is 0.519. The van der Waals surface area contributed by atoms with Gasteiger partial charge in [-0.15, -0.1) is 0 Å². The molecular weight excluding hydrogens is 223 g/mol. The van der Waals surface area contributed by atoms with Crippen LogP contribution in [-0.2, 0) is 0 Å². The summed E-state index contributed by atoms with van der Waals surface area (Å²) in [6.45, 7) is 6.29. The van der Waals surface area contributed by atoms with Crippen LogP contribution in [0.3, 0.4) is 0 Å². The molecular formula is C17H15F. The standard InChI is InChI=1S/C17H15F/c1-10(2)17-13-6-4-11(3)8-15(13)16-9-12(18)5-7-14(16)17/h4-9H,1-3H3. The molecule has 1 aliphatic rings. The van der Waals surface area contributed by atoms with Gasteiger partial charge in [0, 0.05) is 0 Å². The Hall–Kier alpha value is -1.89. The zero-order valence-corrected chi connectivity index (χ0v) is 10.8. The van der Waals surface area contributed by atoms with Crippen molar-refractivity contribution >= 4 is 5.57 Å². The van der Waals surface area contributed by atoms with Crippen LogP contribution in [0, 0.1) is 12.7 Å². The summed E-state index contributed by atoms with van der Waals surface area (Å²) < 4.78 is 13.5. The monoisotopic (exact) mass is 238 g/mol. The van der Waals surface area contributed by atoms with Crippen molar-refractivity contribution in [1.29, 1.82) is 0 Å². The molecule has 0 unspecified atom stereocenters. The molecule has 2 aromatic carbocycles. The summed E-state index contributed by atoms with van der Waals surface area (Å²) in [5.74, 6) is -0.170. The van der Waals surface area contributed by atoms with Crippen molar-refractivity contribution in [1.82, 2.24) is 0 Å². The number of rotatable bonds is 0. The molecule has 0 aliphatic heterocycles. The molecule has 0 saturated carbocycles. The minimum absolute atomic E-state index is 0.170. The first-order valence-corrected chi connectivity index (χ1v) is 6.17. The zero-order chi connectivity index (χ0) is 12.9. The minimum Gasteiger partial charge on any atom is -0.207 e. The predicted octanol–water partition coefficient (Wildman–Crippen LogP) is 4.96. The molecule has 0 fully saturated rings. The maximum absolute atomic E-state index is 13.5. The molecule has 0 radical (unpaired) electrons. The van der Waals surface area contributed by atoms with E-state index >= 15 is 0 Å². The third kappa shape index (κ3) is 1.51. The van der Waals surface area contributed by atoms with E-state index in [0.717, 1.165) is 16.7 Å². The largest absolute Gasteiger partial charge is 0.207 e. The van der Waals surface area contributed by atoms with Gasteiger partial charge in [-0.05, 0) is 60.7 Å². The van der Waals surface area contributed by atoms with Gasteiger partial charge in [-0.3, -0.25) is 0 Å². The van der Waals surface area contributed by atoms with E-state index in [1.807, 2.05) is 6.07 Å². The normalized spacial score (nSPS) is 12.3. The van der Waals surface area contributed by atoms with E-state index in [1.165, 1.54) is 22.3 Å². The Bertz CT molecular complexity index is 621. The molecule has 18 heavy (non-hydrogen) atoms. The Morgan fingerprint density at radius 1 is 0.833 bits per heavy atom. The molecule has 0 bridgehead atoms. The summed E-state index contributed by atoms with van der Waals surface area (Å²) in [7, 11) is 0. The summed E-state index contributed by atoms with van der Waals surface area (Å²) in [6.07, 6.45) is 0. The summed E-state index contributed by atoms with van der Waals surface area (Å²) in [4.78, 5) is 0. The first-order chi connectivity index (χ1) is 8.58. The van der Waals surface area contributed by atoms with Crippen LogP contribution < -0.4 is 0 Å². The molecule has 0 nitrogen and oxygen atoms in total. The molecule has 1 aliphatic carbocycles. The van der Waals surface area contributed by atoms with Crippen LogP contribution in [0.4, 0.5) is 4.39 Å². The summed E-state index contributed by atoms with van der Waals surface area (Å²) in [5.41, 5.74) is 8.27. The van der Waals surface area contributed by atoms with E-state index in [9.17, 15) is 4.39 Å². The second-order valence-electron chi connectivity index (χ2n) is 5.11. The lowest BCUT2D eigenvalue weighted by Gasteiger charge is -2.05. The molecule has 1 heteroatoms. The van der Waals surface area contributed by atoms with Gasteiger partial charge in [0.05, 0.1) is 0 Å². The van der Waals surface area contributed by atoms with Gasteiger partial charge in [0.15, 0.2) is 0 Å². The SMILES string of the molecule is CC(C)=C1c2ccc(C)cc2-c2cc(F)ccc21. The average Bonchev–Trinajstić information content (AvgIpc) is 2.62. The molecule has 0 aromatic heterocycles. The van der Waals surface area contributed by atoms with Crippen molar-refractivity contribution in [2.24, 2.45) is 0 Å². The number of aryl methyl sites for hydroxylation is 1. The first-order valence-electron chi connectivity index (χ1n) is 6.17. The predicted molar refractivity (Wildman–Crippen MR) is 73.9 cm³/mol. The first kappa shape index (κ1) is 11.2. The number of fused-ring (bicyclic) bond motifs is 3. The zero-order valence-electron chi connectivity index (χ0n) is 10.8. The molecule has 2 aromatic rings. The number of benzene rings is 2. The fourth-order valence-electron chi connectivity index (χ4n) is 2.74. The maximum Gasteiger partial charge on any atom is 0.123 e. The van der Waals surface area contributed by atoms with Gasteiger partial charge >= 0.3 is 0 Å². The Labute approximate surface area is 107 Å². The lowest BCUT2D eigenvalue weighted by atomic mass is 9.99. The lowest BCUT2D eigenvalue weighted by molar-refractivity contribution is 0.628. The summed E-state index contributed by atoms with van der Waals surface area (Å²) in [5, 5.41) is 0. The van der Waals surface area contributed by atoms with Crippen molar-refractivity contribution in [2.45, 2.75) is 20.8 Å². The third-order valence-corrected chi connectivity index (χ3v) is 3.49. The topological polar surface area (TPSA) is 0 Å². The Morgan fingerprint density at radius 2 is 1.44 bits per heavy atom. The van der Waals surface area contributed by atoms with Crippen LogP contribution in [-0.4, -0.2) is 0 Å². The molecule has 0 spiro atoms. The highest BCUT2D eigenvalue weighted by Crippen LogP contribution is 2.45. The average molecular weight is 238 g/mol. The maximum atomic E-state index is 13.5. The van der Waals surface area contributed by atoms with Crippen LogP contribution >= 0.6 is 0 Å². The number of hydrogen-bond donors (Lipinski definition) is 0. The fraction of sp³-hybridized carbons (Fsp3) is 0.176. The number of allylic oxidation sites excluding steroid dienone is 1. The molecule has 3 rings (SSSR count). The van der Waals surface area contributed by atoms with Gasteiger partial charge in [-0.25, -0.2) is 4.39 Å². The van der Waals surface area contributed by atoms with E-state index in [2.05, 4.69) is 39.0 Å². The van der Waals surface area contributed by atoms with Crippen LogP contribution in [0.2, 0.25) is 0 Å². The van der Waals surface area contributed by atoms with E-state index in [4.69, 9.17) is 0 Å². The summed E-state index contributed by atoms with van der Waals surface area (Å²) in [6, 6.07) is 11.5. The van der Waals surface area contributed by atoms with Crippen molar-refractivity contribution in [2.75, 3.05) is 0 Å². The van der Waals surface area contributed by atoms with Crippen molar-refractivity contribution in [3.63, 3.8) is 0 Å². The highest BCUT2D eigenvalue weighted by atomic mass is 19.1. The molecule has 0 N–H and O–H groups in total. The Kier molecular flexibility index (Phi) is 2.37. The van der Waals surface area contributed by atoms with E-state index in [0.29, 0.717) is 0 Å². The van der Waals surface area contributed by atoms with Crippen LogP contribution in [0.5, 0.6) is 0 Å². The molecule has 0 heterocycles. The van der Waals surface area contributed by atoms with Gasteiger partial charge in [0.2, 0.25) is 0 Å². The smallest absolute Gasteiger partial charge is 0.123 e. The Balaban J connectivity index is 2.42. The summed E-state index contributed by atoms with van der Waals surface area (Å²) >= 11 is 0. The molecule has 90 valence electrons. The highest BCUT2D eigenvalue weighted by molar-refractivity contribution is 6.02. The second-order valence-corrected chi connectivity index (χ2v) is 5.11. The van der Waals surface area contributed by atoms with Gasteiger partial charge in [0.25, 0.3) is 0 Å². The van der Waals surface area contributed by atoms with Crippen LogP contribution in [0.15, 0.2) is 42.0 Å².